The van der Waals surface area contributed by atoms with Crippen molar-refractivity contribution in [2.45, 2.75) is 19.9 Å². The molecular formula is C24H25N3O3. The van der Waals surface area contributed by atoms with Gasteiger partial charge in [0.1, 0.15) is 6.04 Å². The van der Waals surface area contributed by atoms with Crippen molar-refractivity contribution >= 4 is 29.1 Å². The van der Waals surface area contributed by atoms with E-state index in [0.29, 0.717) is 12.3 Å². The van der Waals surface area contributed by atoms with Crippen LogP contribution in [0.5, 0.6) is 0 Å². The minimum Gasteiger partial charge on any atom is -0.450 e. The molecule has 3 N–H and O–H groups in total. The number of anilines is 3. The minimum absolute atomic E-state index is 0.168. The van der Waals surface area contributed by atoms with Crippen LogP contribution in [0.4, 0.5) is 21.9 Å². The monoisotopic (exact) mass is 403 g/mol. The molecule has 0 aliphatic rings. The van der Waals surface area contributed by atoms with Crippen LogP contribution < -0.4 is 16.0 Å². The van der Waals surface area contributed by atoms with Crippen molar-refractivity contribution < 1.29 is 14.3 Å². The highest BCUT2D eigenvalue weighted by molar-refractivity contribution is 5.97. The summed E-state index contributed by atoms with van der Waals surface area (Å²) in [5.41, 5.74) is 4.07. The van der Waals surface area contributed by atoms with Gasteiger partial charge >= 0.3 is 6.09 Å². The van der Waals surface area contributed by atoms with Gasteiger partial charge in [-0.1, -0.05) is 48.0 Å². The second-order valence-corrected chi connectivity index (χ2v) is 6.77. The van der Waals surface area contributed by atoms with Crippen LogP contribution in [0.2, 0.25) is 0 Å². The summed E-state index contributed by atoms with van der Waals surface area (Å²) < 4.78 is 4.88. The van der Waals surface area contributed by atoms with Crippen molar-refractivity contribution in [3.63, 3.8) is 0 Å². The van der Waals surface area contributed by atoms with Gasteiger partial charge in [0.2, 0.25) is 0 Å². The van der Waals surface area contributed by atoms with Crippen LogP contribution in [0, 0.1) is 6.92 Å². The fourth-order valence-electron chi connectivity index (χ4n) is 2.90. The number of nitrogens with one attached hydrogen (secondary N) is 3. The number of amides is 2. The highest BCUT2D eigenvalue weighted by Crippen LogP contribution is 2.23. The van der Waals surface area contributed by atoms with Crippen LogP contribution in [0.1, 0.15) is 24.1 Å². The molecule has 0 saturated carbocycles. The van der Waals surface area contributed by atoms with Gasteiger partial charge in [-0.05, 0) is 55.8 Å². The van der Waals surface area contributed by atoms with Gasteiger partial charge in [-0.2, -0.15) is 0 Å². The Balaban J connectivity index is 1.75. The topological polar surface area (TPSA) is 79.5 Å². The number of hydrogen-bond acceptors (Lipinski definition) is 4. The van der Waals surface area contributed by atoms with Crippen molar-refractivity contribution in [2.75, 3.05) is 22.6 Å². The Labute approximate surface area is 176 Å². The van der Waals surface area contributed by atoms with Crippen molar-refractivity contribution in [1.29, 1.82) is 0 Å². The Morgan fingerprint density at radius 1 is 0.800 bits per heavy atom. The summed E-state index contributed by atoms with van der Waals surface area (Å²) in [5, 5.41) is 8.89. The van der Waals surface area contributed by atoms with E-state index in [4.69, 9.17) is 4.74 Å². The average molecular weight is 403 g/mol. The highest BCUT2D eigenvalue weighted by atomic mass is 16.5. The molecule has 30 heavy (non-hydrogen) atoms. The summed E-state index contributed by atoms with van der Waals surface area (Å²) in [7, 11) is 0. The molecule has 0 spiro atoms. The number of rotatable bonds is 7. The van der Waals surface area contributed by atoms with E-state index in [1.54, 1.807) is 31.2 Å². The Kier molecular flexibility index (Phi) is 7.05. The maximum Gasteiger partial charge on any atom is 0.411 e. The first-order valence-corrected chi connectivity index (χ1v) is 9.78. The third-order valence-corrected chi connectivity index (χ3v) is 4.43. The first-order chi connectivity index (χ1) is 14.5. The average Bonchev–Trinajstić information content (AvgIpc) is 2.75. The van der Waals surface area contributed by atoms with Gasteiger partial charge in [0.15, 0.2) is 0 Å². The van der Waals surface area contributed by atoms with E-state index in [2.05, 4.69) is 16.0 Å². The van der Waals surface area contributed by atoms with E-state index < -0.39 is 12.1 Å². The molecule has 0 aromatic heterocycles. The van der Waals surface area contributed by atoms with E-state index in [-0.39, 0.29) is 5.91 Å². The molecule has 3 aromatic carbocycles. The van der Waals surface area contributed by atoms with Gasteiger partial charge in [0.25, 0.3) is 5.91 Å². The molecule has 0 radical (unpaired) electrons. The third-order valence-electron chi connectivity index (χ3n) is 4.43. The lowest BCUT2D eigenvalue weighted by molar-refractivity contribution is -0.117. The van der Waals surface area contributed by atoms with Crippen molar-refractivity contribution in [2.24, 2.45) is 0 Å². The van der Waals surface area contributed by atoms with Gasteiger partial charge in [-0.3, -0.25) is 10.1 Å². The number of carbonyl (C=O) groups is 2. The van der Waals surface area contributed by atoms with E-state index in [1.165, 1.54) is 0 Å². The Morgan fingerprint density at radius 3 is 2.00 bits per heavy atom. The molecule has 0 heterocycles. The number of benzene rings is 3. The Bertz CT molecular complexity index is 971. The first kappa shape index (κ1) is 20.9. The maximum absolute atomic E-state index is 13.0. The smallest absolute Gasteiger partial charge is 0.411 e. The largest absolute Gasteiger partial charge is 0.450 e. The lowest BCUT2D eigenvalue weighted by atomic mass is 10.1. The fourth-order valence-corrected chi connectivity index (χ4v) is 2.90. The summed E-state index contributed by atoms with van der Waals surface area (Å²) in [6, 6.07) is 23.7. The third kappa shape index (κ3) is 5.85. The molecule has 0 aliphatic heterocycles. The summed E-state index contributed by atoms with van der Waals surface area (Å²) in [5.74, 6) is -0.168. The molecule has 154 valence electrons. The lowest BCUT2D eigenvalue weighted by Crippen LogP contribution is -2.27. The molecule has 6 heteroatoms. The van der Waals surface area contributed by atoms with Crippen LogP contribution in [0.15, 0.2) is 78.9 Å². The molecule has 3 aromatic rings. The summed E-state index contributed by atoms with van der Waals surface area (Å²) in [4.78, 5) is 24.6. The van der Waals surface area contributed by atoms with E-state index in [0.717, 1.165) is 22.5 Å². The van der Waals surface area contributed by atoms with E-state index >= 15 is 0 Å². The zero-order valence-corrected chi connectivity index (χ0v) is 17.0. The van der Waals surface area contributed by atoms with Crippen LogP contribution in [0.25, 0.3) is 0 Å². The molecular weight excluding hydrogens is 378 g/mol. The van der Waals surface area contributed by atoms with Gasteiger partial charge in [-0.25, -0.2) is 4.79 Å². The molecule has 2 amide bonds. The molecule has 0 saturated heterocycles. The molecule has 0 aliphatic carbocycles. The zero-order chi connectivity index (χ0) is 21.3. The maximum atomic E-state index is 13.0. The van der Waals surface area contributed by atoms with Crippen molar-refractivity contribution in [1.82, 2.24) is 0 Å². The van der Waals surface area contributed by atoms with Crippen LogP contribution in [0.3, 0.4) is 0 Å². The lowest BCUT2D eigenvalue weighted by Gasteiger charge is -2.20. The first-order valence-electron chi connectivity index (χ1n) is 9.78. The van der Waals surface area contributed by atoms with Crippen LogP contribution in [-0.4, -0.2) is 18.6 Å². The summed E-state index contributed by atoms with van der Waals surface area (Å²) in [6.45, 7) is 4.05. The van der Waals surface area contributed by atoms with E-state index in [9.17, 15) is 9.59 Å². The van der Waals surface area contributed by atoms with Crippen LogP contribution >= 0.6 is 0 Å². The normalized spacial score (nSPS) is 11.3. The number of ether oxygens (including phenoxy) is 1. The number of aryl methyl sites for hydroxylation is 1. The highest BCUT2D eigenvalue weighted by Gasteiger charge is 2.20. The second kappa shape index (κ2) is 10.1. The number of carbonyl (C=O) groups excluding carboxylic acids is 2. The van der Waals surface area contributed by atoms with Crippen molar-refractivity contribution in [3.05, 3.63) is 90.0 Å². The predicted octanol–water partition coefficient (Wildman–Crippen LogP) is 5.36. The van der Waals surface area contributed by atoms with Crippen LogP contribution in [-0.2, 0) is 9.53 Å². The van der Waals surface area contributed by atoms with Gasteiger partial charge in [-0.15, -0.1) is 0 Å². The minimum atomic E-state index is -0.587. The predicted molar refractivity (Wildman–Crippen MR) is 120 cm³/mol. The van der Waals surface area contributed by atoms with E-state index in [1.807, 2.05) is 61.5 Å². The molecule has 0 bridgehead atoms. The fraction of sp³-hybridized carbons (Fsp3) is 0.167. The van der Waals surface area contributed by atoms with Gasteiger partial charge in [0.05, 0.1) is 6.61 Å². The Morgan fingerprint density at radius 2 is 1.37 bits per heavy atom. The summed E-state index contributed by atoms with van der Waals surface area (Å²) >= 11 is 0. The standard InChI is InChI=1S/C24H25N3O3/c1-3-30-24(29)27-21-15-13-19(14-16-21)25-22(18-7-5-4-6-8-18)23(28)26-20-11-9-17(2)10-12-20/h4-16,22,25H,3H2,1-2H3,(H,26,28)(H,27,29). The quantitative estimate of drug-likeness (QED) is 0.496. The summed E-state index contributed by atoms with van der Waals surface area (Å²) in [6.07, 6.45) is -0.502. The second-order valence-electron chi connectivity index (χ2n) is 6.77. The van der Waals surface area contributed by atoms with Crippen molar-refractivity contribution in [3.8, 4) is 0 Å². The number of hydrogen-bond donors (Lipinski definition) is 3. The SMILES string of the molecule is CCOC(=O)Nc1ccc(NC(C(=O)Nc2ccc(C)cc2)c2ccccc2)cc1. The molecule has 1 atom stereocenters. The molecule has 3 rings (SSSR count). The molecule has 1 unspecified atom stereocenters. The molecule has 0 fully saturated rings. The zero-order valence-electron chi connectivity index (χ0n) is 17.0. The molecule has 6 nitrogen and oxygen atoms in total. The van der Waals surface area contributed by atoms with Gasteiger partial charge in [0, 0.05) is 17.1 Å². The van der Waals surface area contributed by atoms with Gasteiger partial charge < -0.3 is 15.4 Å². The Hall–Kier alpha value is -3.80.